The molecule has 1 aliphatic rings. The number of fused-ring (bicyclic) bond motifs is 1. The van der Waals surface area contributed by atoms with Gasteiger partial charge in [0.25, 0.3) is 11.8 Å². The molecule has 1 atom stereocenters. The first-order valence-corrected chi connectivity index (χ1v) is 7.37. The second kappa shape index (κ2) is 6.34. The number of carbonyl (C=O) groups excluding carboxylic acids is 2. The maximum atomic E-state index is 12.7. The quantitative estimate of drug-likeness (QED) is 0.529. The minimum absolute atomic E-state index is 0.0421. The molecule has 3 rings (SSSR count). The van der Waals surface area contributed by atoms with Crippen molar-refractivity contribution in [2.24, 2.45) is 0 Å². The summed E-state index contributed by atoms with van der Waals surface area (Å²) >= 11 is 0. The average Bonchev–Trinajstić information content (AvgIpc) is 2.86. The molecule has 0 saturated heterocycles. The molecule has 2 amide bonds. The number of hydrogen-bond acceptors (Lipinski definition) is 4. The van der Waals surface area contributed by atoms with E-state index in [1.807, 2.05) is 6.07 Å². The summed E-state index contributed by atoms with van der Waals surface area (Å²) in [5, 5.41) is 18.5. The van der Waals surface area contributed by atoms with Crippen molar-refractivity contribution in [2.45, 2.75) is 12.5 Å². The van der Waals surface area contributed by atoms with Crippen molar-refractivity contribution in [3.8, 4) is 0 Å². The van der Waals surface area contributed by atoms with Crippen molar-refractivity contribution in [1.29, 1.82) is 5.39 Å². The molecule has 0 fully saturated rings. The van der Waals surface area contributed by atoms with Crippen LogP contribution in [-0.4, -0.2) is 21.8 Å². The predicted octanol–water partition coefficient (Wildman–Crippen LogP) is 3.67. The van der Waals surface area contributed by atoms with Gasteiger partial charge in [-0.3, -0.25) is 14.5 Å². The van der Waals surface area contributed by atoms with Crippen molar-refractivity contribution in [1.82, 2.24) is 4.90 Å². The molecule has 24 heavy (non-hydrogen) atoms. The van der Waals surface area contributed by atoms with Gasteiger partial charge in [-0.2, -0.15) is 0 Å². The standard InChI is InChI=1S/C18H13N3O3/c19-20-11-13(22)10-16(12-6-2-1-3-7-12)21-17(23)14-8-4-5-9-15(14)18(21)24/h1-9,11,16H,10H2/p+1/b13-11-. The van der Waals surface area contributed by atoms with E-state index in [9.17, 15) is 14.7 Å². The van der Waals surface area contributed by atoms with Crippen LogP contribution in [0, 0.1) is 5.39 Å². The summed E-state index contributed by atoms with van der Waals surface area (Å²) in [6.07, 6.45) is 0.841. The van der Waals surface area contributed by atoms with E-state index in [0.717, 1.165) is 11.1 Å². The van der Waals surface area contributed by atoms with Crippen LogP contribution < -0.4 is 0 Å². The second-order valence-corrected chi connectivity index (χ2v) is 5.39. The number of aliphatic hydroxyl groups is 1. The molecular weight excluding hydrogens is 306 g/mol. The van der Waals surface area contributed by atoms with Crippen LogP contribution in [0.2, 0.25) is 0 Å². The van der Waals surface area contributed by atoms with Gasteiger partial charge < -0.3 is 5.11 Å². The lowest BCUT2D eigenvalue weighted by Crippen LogP contribution is -2.34. The van der Waals surface area contributed by atoms with E-state index in [1.54, 1.807) is 48.5 Å². The Balaban J connectivity index is 2.04. The molecule has 1 N–H and O–H groups in total. The molecule has 2 aromatic carbocycles. The maximum Gasteiger partial charge on any atom is 0.387 e. The Kier molecular flexibility index (Phi) is 4.08. The van der Waals surface area contributed by atoms with Gasteiger partial charge in [-0.25, -0.2) is 0 Å². The minimum atomic E-state index is -0.698. The van der Waals surface area contributed by atoms with Crippen molar-refractivity contribution in [3.05, 3.63) is 88.2 Å². The van der Waals surface area contributed by atoms with Gasteiger partial charge in [0.1, 0.15) is 0 Å². The van der Waals surface area contributed by atoms with Crippen LogP contribution in [0.4, 0.5) is 0 Å². The SMILES string of the molecule is N#[N+]/C=C(\O)CC(c1ccccc1)N1C(=O)c2ccccc2C1=O. The van der Waals surface area contributed by atoms with E-state index in [1.165, 1.54) is 0 Å². The fourth-order valence-electron chi connectivity index (χ4n) is 2.84. The third-order valence-electron chi connectivity index (χ3n) is 3.93. The van der Waals surface area contributed by atoms with Crippen LogP contribution in [0.3, 0.4) is 0 Å². The summed E-state index contributed by atoms with van der Waals surface area (Å²) in [4.78, 5) is 29.3. The third kappa shape index (κ3) is 2.63. The fourth-order valence-corrected chi connectivity index (χ4v) is 2.84. The molecule has 2 aromatic rings. The Morgan fingerprint density at radius 1 is 1.04 bits per heavy atom. The highest BCUT2D eigenvalue weighted by Crippen LogP contribution is 2.34. The number of diazo groups is 1. The molecule has 0 bridgehead atoms. The number of imide groups is 1. The molecule has 6 nitrogen and oxygen atoms in total. The number of amides is 2. The lowest BCUT2D eigenvalue weighted by atomic mass is 10.0. The Hall–Kier alpha value is -3.46. The van der Waals surface area contributed by atoms with Gasteiger partial charge >= 0.3 is 6.20 Å². The summed E-state index contributed by atoms with van der Waals surface area (Å²) < 4.78 is 0. The average molecular weight is 320 g/mol. The molecule has 0 aromatic heterocycles. The van der Waals surface area contributed by atoms with Gasteiger partial charge in [0.15, 0.2) is 10.7 Å². The second-order valence-electron chi connectivity index (χ2n) is 5.39. The molecule has 0 saturated carbocycles. The molecule has 0 spiro atoms. The third-order valence-corrected chi connectivity index (χ3v) is 3.93. The Labute approximate surface area is 138 Å². The predicted molar refractivity (Wildman–Crippen MR) is 86.5 cm³/mol. The van der Waals surface area contributed by atoms with E-state index < -0.39 is 17.9 Å². The van der Waals surface area contributed by atoms with Crippen molar-refractivity contribution in [2.75, 3.05) is 0 Å². The molecule has 118 valence electrons. The number of hydrogen-bond donors (Lipinski definition) is 1. The van der Waals surface area contributed by atoms with Crippen LogP contribution in [0.25, 0.3) is 4.98 Å². The highest BCUT2D eigenvalue weighted by atomic mass is 16.3. The normalized spacial score (nSPS) is 15.1. The molecular formula is C18H14N3O3+. The minimum Gasteiger partial charge on any atom is -0.505 e. The van der Waals surface area contributed by atoms with Crippen LogP contribution in [0.1, 0.15) is 38.7 Å². The monoisotopic (exact) mass is 320 g/mol. The lowest BCUT2D eigenvalue weighted by molar-refractivity contribution is 0.0573. The molecule has 1 aliphatic heterocycles. The van der Waals surface area contributed by atoms with Gasteiger partial charge in [0.05, 0.1) is 17.2 Å². The fraction of sp³-hybridized carbons (Fsp3) is 0.111. The van der Waals surface area contributed by atoms with Gasteiger partial charge in [-0.1, -0.05) is 42.5 Å². The van der Waals surface area contributed by atoms with Gasteiger partial charge in [-0.05, 0) is 17.7 Å². The zero-order valence-electron chi connectivity index (χ0n) is 12.7. The topological polar surface area (TPSA) is 85.8 Å². The first kappa shape index (κ1) is 15.4. The number of benzene rings is 2. The highest BCUT2D eigenvalue weighted by molar-refractivity contribution is 6.21. The first-order chi connectivity index (χ1) is 11.6. The van der Waals surface area contributed by atoms with Crippen LogP contribution in [-0.2, 0) is 0 Å². The first-order valence-electron chi connectivity index (χ1n) is 7.37. The maximum absolute atomic E-state index is 12.7. The summed E-state index contributed by atoms with van der Waals surface area (Å²) in [5.41, 5.74) is 1.39. The molecule has 1 heterocycles. The van der Waals surface area contributed by atoms with Crippen molar-refractivity contribution in [3.63, 3.8) is 0 Å². The molecule has 6 heteroatoms. The van der Waals surface area contributed by atoms with Crippen LogP contribution >= 0.6 is 0 Å². The van der Waals surface area contributed by atoms with Gasteiger partial charge in [0, 0.05) is 6.42 Å². The zero-order chi connectivity index (χ0) is 17.1. The Morgan fingerprint density at radius 2 is 1.58 bits per heavy atom. The number of rotatable bonds is 4. The number of carbonyl (C=O) groups is 2. The molecule has 0 radical (unpaired) electrons. The highest BCUT2D eigenvalue weighted by Gasteiger charge is 2.40. The summed E-state index contributed by atoms with van der Waals surface area (Å²) in [5.74, 6) is -1.04. The smallest absolute Gasteiger partial charge is 0.387 e. The summed E-state index contributed by atoms with van der Waals surface area (Å²) in [6, 6.07) is 14.9. The van der Waals surface area contributed by atoms with E-state index >= 15 is 0 Å². The summed E-state index contributed by atoms with van der Waals surface area (Å²) in [6.45, 7) is 0. The van der Waals surface area contributed by atoms with E-state index in [0.29, 0.717) is 16.7 Å². The van der Waals surface area contributed by atoms with Gasteiger partial charge in [0.2, 0.25) is 5.39 Å². The Bertz CT molecular complexity index is 834. The number of aliphatic hydroxyl groups excluding tert-OH is 1. The van der Waals surface area contributed by atoms with E-state index in [2.05, 4.69) is 4.98 Å². The largest absolute Gasteiger partial charge is 0.505 e. The Morgan fingerprint density at radius 3 is 2.12 bits per heavy atom. The summed E-state index contributed by atoms with van der Waals surface area (Å²) in [7, 11) is 0. The van der Waals surface area contributed by atoms with Crippen molar-refractivity contribution >= 4 is 11.8 Å². The van der Waals surface area contributed by atoms with Crippen molar-refractivity contribution < 1.29 is 14.7 Å². The molecule has 1 unspecified atom stereocenters. The number of nitrogens with zero attached hydrogens (tertiary/aromatic N) is 3. The van der Waals surface area contributed by atoms with Crippen LogP contribution in [0.5, 0.6) is 0 Å². The zero-order valence-corrected chi connectivity index (χ0v) is 12.7. The van der Waals surface area contributed by atoms with Gasteiger partial charge in [-0.15, -0.1) is 0 Å². The lowest BCUT2D eigenvalue weighted by Gasteiger charge is -2.26. The van der Waals surface area contributed by atoms with E-state index in [-0.39, 0.29) is 12.2 Å². The molecule has 0 aliphatic carbocycles. The van der Waals surface area contributed by atoms with E-state index in [4.69, 9.17) is 5.39 Å². The van der Waals surface area contributed by atoms with Crippen LogP contribution in [0.15, 0.2) is 66.6 Å².